The number of hydrogen-bond donors (Lipinski definition) is 1. The summed E-state index contributed by atoms with van der Waals surface area (Å²) in [6.45, 7) is -4.44. The Labute approximate surface area is 150 Å². The van der Waals surface area contributed by atoms with E-state index in [2.05, 4.69) is 4.18 Å². The van der Waals surface area contributed by atoms with Gasteiger partial charge >= 0.3 is 68.9 Å². The Morgan fingerprint density at radius 3 is 2.21 bits per heavy atom. The molecule has 0 unspecified atom stereocenters. The van der Waals surface area contributed by atoms with Crippen LogP contribution in [0.2, 0.25) is 0 Å². The Morgan fingerprint density at radius 2 is 1.84 bits per heavy atom. The van der Waals surface area contributed by atoms with Crippen LogP contribution < -0.4 is 66.8 Å². The summed E-state index contributed by atoms with van der Waals surface area (Å²) < 4.78 is 74.7. The molecule has 1 aromatic rings. The van der Waals surface area contributed by atoms with Crippen molar-refractivity contribution in [1.82, 2.24) is 0 Å². The molecule has 1 rings (SSSR count). The van der Waals surface area contributed by atoms with E-state index in [0.717, 1.165) is 6.07 Å². The van der Waals surface area contributed by atoms with Crippen LogP contribution in [0.15, 0.2) is 12.1 Å². The summed E-state index contributed by atoms with van der Waals surface area (Å²) in [5.74, 6) is -0.752. The standard InChI is InChI=1S/C8H9BF4NO3S.K/c1-5-6(4-14)2-7(17-18(13,15)16)3-8(5)9(10,11)12;/h2-3H,4,14H2,1H3;/q-1;+1. The predicted molar refractivity (Wildman–Crippen MR) is 58.4 cm³/mol. The minimum absolute atomic E-state index is 0. The van der Waals surface area contributed by atoms with Crippen LogP contribution in [0.25, 0.3) is 0 Å². The molecule has 0 amide bonds. The molecular formula is C8H9BF4KNO3S. The fraction of sp³-hybridized carbons (Fsp3) is 0.250. The van der Waals surface area contributed by atoms with Crippen LogP contribution in [0.3, 0.4) is 0 Å². The third kappa shape index (κ3) is 5.70. The van der Waals surface area contributed by atoms with Gasteiger partial charge in [0.15, 0.2) is 0 Å². The van der Waals surface area contributed by atoms with Crippen LogP contribution in [-0.4, -0.2) is 15.4 Å². The van der Waals surface area contributed by atoms with Crippen molar-refractivity contribution in [3.8, 4) is 5.75 Å². The molecule has 102 valence electrons. The van der Waals surface area contributed by atoms with E-state index < -0.39 is 28.7 Å². The smallest absolute Gasteiger partial charge is 0.445 e. The Bertz CT molecular complexity index is 564. The van der Waals surface area contributed by atoms with Gasteiger partial charge in [0.2, 0.25) is 0 Å². The van der Waals surface area contributed by atoms with E-state index >= 15 is 0 Å². The normalized spacial score (nSPS) is 11.9. The largest absolute Gasteiger partial charge is 1.00 e. The summed E-state index contributed by atoms with van der Waals surface area (Å²) in [4.78, 5) is 0. The number of benzene rings is 1. The van der Waals surface area contributed by atoms with Gasteiger partial charge in [0, 0.05) is 6.54 Å². The van der Waals surface area contributed by atoms with Crippen molar-refractivity contribution in [2.75, 3.05) is 0 Å². The average molecular weight is 325 g/mol. The summed E-state index contributed by atoms with van der Waals surface area (Å²) in [5.41, 5.74) is 4.08. The fourth-order valence-corrected chi connectivity index (χ4v) is 1.81. The Hall–Kier alpha value is 0.351. The number of nitrogens with two attached hydrogens (primary N) is 1. The quantitative estimate of drug-likeness (QED) is 0.399. The number of hydrogen-bond acceptors (Lipinski definition) is 4. The molecule has 0 aliphatic carbocycles. The molecule has 0 bridgehead atoms. The average Bonchev–Trinajstić information content (AvgIpc) is 2.16. The van der Waals surface area contributed by atoms with E-state index in [1.165, 1.54) is 6.92 Å². The fourth-order valence-electron chi connectivity index (χ4n) is 1.48. The molecule has 0 aliphatic heterocycles. The topological polar surface area (TPSA) is 69.4 Å². The van der Waals surface area contributed by atoms with Gasteiger partial charge in [-0.1, -0.05) is 9.45 Å². The minimum atomic E-state index is -5.38. The van der Waals surface area contributed by atoms with E-state index in [-0.39, 0.29) is 69.1 Å². The van der Waals surface area contributed by atoms with Gasteiger partial charge in [-0.15, -0.1) is 5.46 Å². The molecular weight excluding hydrogens is 316 g/mol. The molecule has 0 fully saturated rings. The Kier molecular flexibility index (Phi) is 7.00. The van der Waals surface area contributed by atoms with E-state index in [0.29, 0.717) is 6.07 Å². The van der Waals surface area contributed by atoms with Crippen molar-refractivity contribution in [2.45, 2.75) is 13.5 Å². The maximum absolute atomic E-state index is 12.7. The first-order valence-electron chi connectivity index (χ1n) is 4.72. The van der Waals surface area contributed by atoms with Crippen LogP contribution in [0.4, 0.5) is 16.8 Å². The maximum atomic E-state index is 12.7. The summed E-state index contributed by atoms with van der Waals surface area (Å²) in [5, 5.41) is 0. The van der Waals surface area contributed by atoms with Crippen molar-refractivity contribution in [3.05, 3.63) is 23.3 Å². The molecule has 4 nitrogen and oxygen atoms in total. The van der Waals surface area contributed by atoms with Gasteiger partial charge in [-0.25, -0.2) is 0 Å². The molecule has 19 heavy (non-hydrogen) atoms. The monoisotopic (exact) mass is 325 g/mol. The third-order valence-electron chi connectivity index (χ3n) is 2.30. The van der Waals surface area contributed by atoms with Gasteiger partial charge in [-0.05, 0) is 24.6 Å². The second kappa shape index (κ2) is 6.87. The van der Waals surface area contributed by atoms with Crippen LogP contribution in [0, 0.1) is 6.92 Å². The minimum Gasteiger partial charge on any atom is -0.445 e. The molecule has 0 aromatic heterocycles. The van der Waals surface area contributed by atoms with Crippen LogP contribution >= 0.6 is 0 Å². The molecule has 0 saturated heterocycles. The predicted octanol–water partition coefficient (Wildman–Crippen LogP) is -1.89. The number of halogens is 4. The summed E-state index contributed by atoms with van der Waals surface area (Å²) >= 11 is 0. The Balaban J connectivity index is 0.00000324. The summed E-state index contributed by atoms with van der Waals surface area (Å²) in [7, 11) is -5.38. The van der Waals surface area contributed by atoms with Crippen molar-refractivity contribution in [3.63, 3.8) is 0 Å². The van der Waals surface area contributed by atoms with Crippen molar-refractivity contribution < 1.29 is 80.8 Å². The van der Waals surface area contributed by atoms with Gasteiger partial charge in [-0.3, -0.25) is 0 Å². The second-order valence-corrected chi connectivity index (χ2v) is 4.50. The zero-order valence-corrected chi connectivity index (χ0v) is 14.1. The van der Waals surface area contributed by atoms with Crippen LogP contribution in [-0.2, 0) is 17.0 Å². The molecule has 0 aliphatic rings. The van der Waals surface area contributed by atoms with Crippen molar-refractivity contribution >= 4 is 22.9 Å². The molecule has 0 spiro atoms. The van der Waals surface area contributed by atoms with Crippen molar-refractivity contribution in [2.24, 2.45) is 5.73 Å². The molecule has 0 heterocycles. The molecule has 11 heteroatoms. The van der Waals surface area contributed by atoms with Crippen LogP contribution in [0.1, 0.15) is 11.1 Å². The van der Waals surface area contributed by atoms with E-state index in [1.54, 1.807) is 0 Å². The van der Waals surface area contributed by atoms with Crippen molar-refractivity contribution in [1.29, 1.82) is 0 Å². The van der Waals surface area contributed by atoms with Gasteiger partial charge in [0.1, 0.15) is 5.75 Å². The first-order valence-corrected chi connectivity index (χ1v) is 6.03. The molecule has 1 aromatic carbocycles. The zero-order chi connectivity index (χ0) is 14.1. The maximum Gasteiger partial charge on any atom is 1.00 e. The van der Waals surface area contributed by atoms with E-state index in [4.69, 9.17) is 5.73 Å². The Morgan fingerprint density at radius 1 is 1.32 bits per heavy atom. The zero-order valence-electron chi connectivity index (χ0n) is 10.2. The second-order valence-electron chi connectivity index (χ2n) is 3.55. The first-order chi connectivity index (χ1) is 8.04. The van der Waals surface area contributed by atoms with E-state index in [9.17, 15) is 25.3 Å². The number of rotatable bonds is 4. The molecule has 2 N–H and O–H groups in total. The van der Waals surface area contributed by atoms with E-state index in [1.807, 2.05) is 0 Å². The third-order valence-corrected chi connectivity index (χ3v) is 2.69. The molecule has 0 atom stereocenters. The first kappa shape index (κ1) is 19.4. The van der Waals surface area contributed by atoms with Crippen LogP contribution in [0.5, 0.6) is 5.75 Å². The SMILES string of the molecule is Cc1c(CN)cc(OS(=O)(=O)F)cc1[B-](F)(F)F.[K+]. The van der Waals surface area contributed by atoms with Gasteiger partial charge in [0.05, 0.1) is 0 Å². The summed E-state index contributed by atoms with van der Waals surface area (Å²) in [6, 6.07) is 1.39. The molecule has 0 saturated carbocycles. The van der Waals surface area contributed by atoms with Gasteiger partial charge in [-0.2, -0.15) is 8.42 Å². The molecule has 0 radical (unpaired) electrons. The summed E-state index contributed by atoms with van der Waals surface area (Å²) in [6.07, 6.45) is 0. The van der Waals surface area contributed by atoms with Gasteiger partial charge in [0.25, 0.3) is 0 Å². The van der Waals surface area contributed by atoms with Gasteiger partial charge < -0.3 is 22.9 Å².